The minimum Gasteiger partial charge on any atom is -0.395 e. The van der Waals surface area contributed by atoms with Gasteiger partial charge in [-0.1, -0.05) is 0 Å². The zero-order valence-electron chi connectivity index (χ0n) is 9.21. The van der Waals surface area contributed by atoms with E-state index in [0.29, 0.717) is 12.4 Å². The molecule has 0 amide bonds. The van der Waals surface area contributed by atoms with E-state index < -0.39 is 0 Å². The Morgan fingerprint density at radius 2 is 2.33 bits per heavy atom. The van der Waals surface area contributed by atoms with E-state index in [1.807, 2.05) is 13.2 Å². The molecule has 0 fully saturated rings. The minimum atomic E-state index is 0.170. The third-order valence-electron chi connectivity index (χ3n) is 2.17. The fraction of sp³-hybridized carbons (Fsp3) is 0.875. The Balaban J connectivity index is 2.36. The van der Waals surface area contributed by atoms with Gasteiger partial charge in [0.2, 0.25) is 0 Å². The Bertz CT molecular complexity index is 288. The highest BCUT2D eigenvalue weighted by molar-refractivity contribution is 7.99. The first-order chi connectivity index (χ1) is 7.17. The Labute approximate surface area is 93.4 Å². The SMILES string of the molecule is CSC(CO)C(C)NCc1nnn(C)n1. The number of thioether (sulfide) groups is 1. The molecule has 1 heterocycles. The van der Waals surface area contributed by atoms with Crippen LogP contribution in [0, 0.1) is 0 Å². The smallest absolute Gasteiger partial charge is 0.188 e. The lowest BCUT2D eigenvalue weighted by molar-refractivity contribution is 0.275. The summed E-state index contributed by atoms with van der Waals surface area (Å²) in [5.74, 6) is 0.669. The second-order valence-electron chi connectivity index (χ2n) is 3.32. The third-order valence-corrected chi connectivity index (χ3v) is 3.34. The van der Waals surface area contributed by atoms with E-state index in [1.165, 1.54) is 4.80 Å². The highest BCUT2D eigenvalue weighted by atomic mass is 32.2. The summed E-state index contributed by atoms with van der Waals surface area (Å²) in [5.41, 5.74) is 0. The van der Waals surface area contributed by atoms with Crippen LogP contribution in [0.4, 0.5) is 0 Å². The van der Waals surface area contributed by atoms with Gasteiger partial charge in [0, 0.05) is 11.3 Å². The topological polar surface area (TPSA) is 75.9 Å². The number of tetrazole rings is 1. The van der Waals surface area contributed by atoms with Crippen molar-refractivity contribution in [1.82, 2.24) is 25.5 Å². The van der Waals surface area contributed by atoms with Crippen LogP contribution in [0.1, 0.15) is 12.7 Å². The number of aryl methyl sites for hydroxylation is 1. The van der Waals surface area contributed by atoms with Crippen molar-refractivity contribution in [2.45, 2.75) is 24.8 Å². The molecule has 1 rings (SSSR count). The summed E-state index contributed by atoms with van der Waals surface area (Å²) in [5, 5.41) is 24.2. The number of aliphatic hydroxyl groups is 1. The molecule has 6 nitrogen and oxygen atoms in total. The lowest BCUT2D eigenvalue weighted by Crippen LogP contribution is -2.37. The molecule has 0 saturated heterocycles. The zero-order chi connectivity index (χ0) is 11.3. The second kappa shape index (κ2) is 6.04. The van der Waals surface area contributed by atoms with Gasteiger partial charge in [0.1, 0.15) is 0 Å². The molecule has 86 valence electrons. The van der Waals surface area contributed by atoms with Gasteiger partial charge in [-0.15, -0.1) is 10.2 Å². The van der Waals surface area contributed by atoms with Gasteiger partial charge in [-0.25, -0.2) is 0 Å². The van der Waals surface area contributed by atoms with Crippen LogP contribution in [-0.4, -0.2) is 49.5 Å². The monoisotopic (exact) mass is 231 g/mol. The van der Waals surface area contributed by atoms with Crippen molar-refractivity contribution in [3.05, 3.63) is 5.82 Å². The quantitative estimate of drug-likeness (QED) is 0.682. The van der Waals surface area contributed by atoms with E-state index in [1.54, 1.807) is 18.8 Å². The van der Waals surface area contributed by atoms with Crippen LogP contribution < -0.4 is 5.32 Å². The van der Waals surface area contributed by atoms with Gasteiger partial charge in [-0.2, -0.15) is 16.6 Å². The summed E-state index contributed by atoms with van der Waals surface area (Å²) in [7, 11) is 1.73. The number of hydrogen-bond donors (Lipinski definition) is 2. The van der Waals surface area contributed by atoms with E-state index in [2.05, 4.69) is 20.7 Å². The average molecular weight is 231 g/mol. The summed E-state index contributed by atoms with van der Waals surface area (Å²) in [6.45, 7) is 2.78. The number of aliphatic hydroxyl groups excluding tert-OH is 1. The molecular weight excluding hydrogens is 214 g/mol. The highest BCUT2D eigenvalue weighted by Crippen LogP contribution is 2.10. The van der Waals surface area contributed by atoms with Crippen LogP contribution >= 0.6 is 11.8 Å². The summed E-state index contributed by atoms with van der Waals surface area (Å²) in [4.78, 5) is 1.43. The molecule has 1 aromatic heterocycles. The Hall–Kier alpha value is -0.660. The molecule has 2 atom stereocenters. The van der Waals surface area contributed by atoms with Crippen LogP contribution in [0.2, 0.25) is 0 Å². The molecule has 0 aliphatic rings. The van der Waals surface area contributed by atoms with Crippen molar-refractivity contribution >= 4 is 11.8 Å². The molecule has 0 spiro atoms. The van der Waals surface area contributed by atoms with Gasteiger partial charge in [0.05, 0.1) is 20.2 Å². The summed E-state index contributed by atoms with van der Waals surface area (Å²) in [6.07, 6.45) is 1.99. The van der Waals surface area contributed by atoms with Crippen LogP contribution in [0.25, 0.3) is 0 Å². The van der Waals surface area contributed by atoms with Gasteiger partial charge < -0.3 is 10.4 Å². The molecule has 0 aliphatic heterocycles. The van der Waals surface area contributed by atoms with Crippen molar-refractivity contribution in [3.8, 4) is 0 Å². The predicted molar refractivity (Wildman–Crippen MR) is 59.5 cm³/mol. The van der Waals surface area contributed by atoms with Crippen LogP contribution in [0.5, 0.6) is 0 Å². The Morgan fingerprint density at radius 1 is 1.60 bits per heavy atom. The first-order valence-corrected chi connectivity index (χ1v) is 6.06. The molecule has 1 aromatic rings. The van der Waals surface area contributed by atoms with Gasteiger partial charge >= 0.3 is 0 Å². The molecule has 0 saturated carbocycles. The lowest BCUT2D eigenvalue weighted by atomic mass is 10.2. The van der Waals surface area contributed by atoms with E-state index in [4.69, 9.17) is 5.11 Å². The van der Waals surface area contributed by atoms with Gasteiger partial charge in [0.25, 0.3) is 0 Å². The number of rotatable bonds is 6. The first-order valence-electron chi connectivity index (χ1n) is 4.77. The predicted octanol–water partition coefficient (Wildman–Crippen LogP) is -0.588. The summed E-state index contributed by atoms with van der Waals surface area (Å²) < 4.78 is 0. The second-order valence-corrected chi connectivity index (χ2v) is 4.40. The standard InChI is InChI=1S/C8H17N5OS/c1-6(7(5-14)15-3)9-4-8-10-12-13(2)11-8/h6-7,9,14H,4-5H2,1-3H3. The van der Waals surface area contributed by atoms with Crippen molar-refractivity contribution in [2.75, 3.05) is 12.9 Å². The summed E-state index contributed by atoms with van der Waals surface area (Å²) in [6, 6.07) is 0.216. The molecule has 0 radical (unpaired) electrons. The van der Waals surface area contributed by atoms with Crippen LogP contribution in [0.15, 0.2) is 0 Å². The van der Waals surface area contributed by atoms with E-state index in [9.17, 15) is 0 Å². The number of aromatic nitrogens is 4. The van der Waals surface area contributed by atoms with Gasteiger partial charge in [-0.3, -0.25) is 0 Å². The highest BCUT2D eigenvalue weighted by Gasteiger charge is 2.15. The van der Waals surface area contributed by atoms with Gasteiger partial charge in [-0.05, 0) is 18.4 Å². The largest absolute Gasteiger partial charge is 0.395 e. The number of nitrogens with one attached hydrogen (secondary N) is 1. The molecule has 2 unspecified atom stereocenters. The first kappa shape index (κ1) is 12.4. The van der Waals surface area contributed by atoms with Crippen molar-refractivity contribution in [1.29, 1.82) is 0 Å². The van der Waals surface area contributed by atoms with Crippen molar-refractivity contribution < 1.29 is 5.11 Å². The minimum absolute atomic E-state index is 0.170. The van der Waals surface area contributed by atoms with E-state index in [-0.39, 0.29) is 17.9 Å². The molecular formula is C8H17N5OS. The fourth-order valence-corrected chi connectivity index (χ4v) is 1.87. The molecule has 7 heteroatoms. The Morgan fingerprint density at radius 3 is 2.80 bits per heavy atom. The van der Waals surface area contributed by atoms with Crippen LogP contribution in [0.3, 0.4) is 0 Å². The normalized spacial score (nSPS) is 15.2. The Kier molecular flexibility index (Phi) is 5.00. The molecule has 0 aliphatic carbocycles. The molecule has 0 aromatic carbocycles. The maximum absolute atomic E-state index is 9.09. The lowest BCUT2D eigenvalue weighted by Gasteiger charge is -2.20. The number of hydrogen-bond acceptors (Lipinski definition) is 6. The fourth-order valence-electron chi connectivity index (χ4n) is 1.21. The van der Waals surface area contributed by atoms with E-state index in [0.717, 1.165) is 0 Å². The molecule has 2 N–H and O–H groups in total. The van der Waals surface area contributed by atoms with Gasteiger partial charge in [0.15, 0.2) is 5.82 Å². The maximum Gasteiger partial charge on any atom is 0.188 e. The summed E-state index contributed by atoms with van der Waals surface area (Å²) >= 11 is 1.64. The van der Waals surface area contributed by atoms with E-state index >= 15 is 0 Å². The maximum atomic E-state index is 9.09. The van der Waals surface area contributed by atoms with Crippen molar-refractivity contribution in [2.24, 2.45) is 7.05 Å². The van der Waals surface area contributed by atoms with Crippen LogP contribution in [-0.2, 0) is 13.6 Å². The molecule has 0 bridgehead atoms. The average Bonchev–Trinajstić information content (AvgIpc) is 2.63. The molecule has 15 heavy (non-hydrogen) atoms. The van der Waals surface area contributed by atoms with Crippen molar-refractivity contribution in [3.63, 3.8) is 0 Å². The third kappa shape index (κ3) is 3.77. The zero-order valence-corrected chi connectivity index (χ0v) is 10.0. The number of nitrogens with zero attached hydrogens (tertiary/aromatic N) is 4.